The molecule has 3 amide bonds. The van der Waals surface area contributed by atoms with Crippen LogP contribution in [0.15, 0.2) is 53.1 Å². The Hall–Kier alpha value is -3.39. The van der Waals surface area contributed by atoms with Gasteiger partial charge in [-0.2, -0.15) is 0 Å². The first-order chi connectivity index (χ1) is 12.9. The van der Waals surface area contributed by atoms with Gasteiger partial charge in [0.15, 0.2) is 5.76 Å². The van der Waals surface area contributed by atoms with Crippen LogP contribution in [0.2, 0.25) is 0 Å². The van der Waals surface area contributed by atoms with Crippen LogP contribution >= 0.6 is 11.3 Å². The zero-order valence-electron chi connectivity index (χ0n) is 14.7. The highest BCUT2D eigenvalue weighted by Crippen LogP contribution is 2.28. The number of hydrogen-bond acceptors (Lipinski definition) is 5. The molecule has 2 aromatic heterocycles. The SMILES string of the molecule is CC(=O)Nc1ccc(NC(=O)c2sc(NC(=O)c3ccco3)cc2C)cc1. The predicted octanol–water partition coefficient (Wildman–Crippen LogP) is 4.11. The minimum absolute atomic E-state index is 0.162. The van der Waals surface area contributed by atoms with Gasteiger partial charge in [-0.1, -0.05) is 0 Å². The second-order valence-corrected chi connectivity index (χ2v) is 6.82. The average Bonchev–Trinajstić information content (AvgIpc) is 3.26. The van der Waals surface area contributed by atoms with Gasteiger partial charge >= 0.3 is 0 Å². The summed E-state index contributed by atoms with van der Waals surface area (Å²) in [5, 5.41) is 8.73. The number of carbonyl (C=O) groups is 3. The van der Waals surface area contributed by atoms with Gasteiger partial charge in [-0.05, 0) is 55.0 Å². The molecular formula is C19H17N3O4S. The van der Waals surface area contributed by atoms with E-state index in [0.29, 0.717) is 21.3 Å². The monoisotopic (exact) mass is 383 g/mol. The smallest absolute Gasteiger partial charge is 0.291 e. The lowest BCUT2D eigenvalue weighted by atomic mass is 10.2. The number of benzene rings is 1. The van der Waals surface area contributed by atoms with Gasteiger partial charge in [0.1, 0.15) is 0 Å². The normalized spacial score (nSPS) is 10.3. The lowest BCUT2D eigenvalue weighted by molar-refractivity contribution is -0.114. The first kappa shape index (κ1) is 18.4. The van der Waals surface area contributed by atoms with Crippen LogP contribution in [0.25, 0.3) is 0 Å². The van der Waals surface area contributed by atoms with E-state index in [4.69, 9.17) is 4.42 Å². The van der Waals surface area contributed by atoms with Crippen LogP contribution in [-0.2, 0) is 4.79 Å². The zero-order valence-corrected chi connectivity index (χ0v) is 15.5. The van der Waals surface area contributed by atoms with Crippen LogP contribution in [0.4, 0.5) is 16.4 Å². The summed E-state index contributed by atoms with van der Waals surface area (Å²) in [5.41, 5.74) is 2.00. The second kappa shape index (κ2) is 7.88. The van der Waals surface area contributed by atoms with E-state index in [1.54, 1.807) is 49.4 Å². The Morgan fingerprint density at radius 2 is 1.59 bits per heavy atom. The largest absolute Gasteiger partial charge is 0.459 e. The Kier molecular flexibility index (Phi) is 5.37. The molecule has 0 atom stereocenters. The van der Waals surface area contributed by atoms with Crippen LogP contribution in [0.3, 0.4) is 0 Å². The molecule has 3 rings (SSSR count). The quantitative estimate of drug-likeness (QED) is 0.617. The minimum Gasteiger partial charge on any atom is -0.459 e. The number of amides is 3. The molecule has 0 saturated heterocycles. The summed E-state index contributed by atoms with van der Waals surface area (Å²) in [5.74, 6) is -0.610. The van der Waals surface area contributed by atoms with Gasteiger partial charge in [0.05, 0.1) is 16.1 Å². The van der Waals surface area contributed by atoms with E-state index in [0.717, 1.165) is 5.56 Å². The zero-order chi connectivity index (χ0) is 19.4. The summed E-state index contributed by atoms with van der Waals surface area (Å²) < 4.78 is 5.05. The van der Waals surface area contributed by atoms with Gasteiger partial charge in [0.2, 0.25) is 5.91 Å². The molecule has 8 heteroatoms. The molecule has 0 radical (unpaired) electrons. The lowest BCUT2D eigenvalue weighted by Gasteiger charge is -2.06. The summed E-state index contributed by atoms with van der Waals surface area (Å²) >= 11 is 1.18. The molecule has 3 aromatic rings. The van der Waals surface area contributed by atoms with Gasteiger partial charge in [0, 0.05) is 18.3 Å². The summed E-state index contributed by atoms with van der Waals surface area (Å²) in [4.78, 5) is 36.1. The summed E-state index contributed by atoms with van der Waals surface area (Å²) in [6.45, 7) is 3.23. The molecule has 138 valence electrons. The third-order valence-electron chi connectivity index (χ3n) is 3.57. The predicted molar refractivity (Wildman–Crippen MR) is 104 cm³/mol. The number of carbonyl (C=O) groups excluding carboxylic acids is 3. The topological polar surface area (TPSA) is 100 Å². The van der Waals surface area contributed by atoms with Crippen LogP contribution < -0.4 is 16.0 Å². The molecular weight excluding hydrogens is 366 g/mol. The molecule has 0 bridgehead atoms. The number of hydrogen-bond donors (Lipinski definition) is 3. The Balaban J connectivity index is 1.67. The maximum absolute atomic E-state index is 12.5. The standard InChI is InChI=1S/C19H17N3O4S/c1-11-10-16(22-18(24)15-4-3-9-26-15)27-17(11)19(25)21-14-7-5-13(6-8-14)20-12(2)23/h3-10H,1-2H3,(H,20,23)(H,21,25)(H,22,24). The van der Waals surface area contributed by atoms with Gasteiger partial charge in [-0.15, -0.1) is 11.3 Å². The van der Waals surface area contributed by atoms with Crippen molar-refractivity contribution in [2.24, 2.45) is 0 Å². The molecule has 7 nitrogen and oxygen atoms in total. The number of anilines is 3. The van der Waals surface area contributed by atoms with Gasteiger partial charge < -0.3 is 20.4 Å². The summed E-state index contributed by atoms with van der Waals surface area (Å²) in [7, 11) is 0. The Bertz CT molecular complexity index is 975. The van der Waals surface area contributed by atoms with Crippen molar-refractivity contribution in [3.05, 3.63) is 64.9 Å². The van der Waals surface area contributed by atoms with Crippen LogP contribution in [0.1, 0.15) is 32.7 Å². The molecule has 0 saturated carbocycles. The lowest BCUT2D eigenvalue weighted by Crippen LogP contribution is -2.11. The maximum Gasteiger partial charge on any atom is 0.291 e. The van der Waals surface area contributed by atoms with Gasteiger partial charge in [-0.25, -0.2) is 0 Å². The fourth-order valence-electron chi connectivity index (χ4n) is 2.38. The number of aryl methyl sites for hydroxylation is 1. The molecule has 0 aliphatic heterocycles. The highest BCUT2D eigenvalue weighted by molar-refractivity contribution is 7.18. The molecule has 0 unspecified atom stereocenters. The molecule has 3 N–H and O–H groups in total. The molecule has 0 aliphatic carbocycles. The number of rotatable bonds is 5. The summed E-state index contributed by atoms with van der Waals surface area (Å²) in [6.07, 6.45) is 1.42. The molecule has 27 heavy (non-hydrogen) atoms. The second-order valence-electron chi connectivity index (χ2n) is 5.77. The number of furan rings is 1. The van der Waals surface area contributed by atoms with Crippen molar-refractivity contribution in [3.8, 4) is 0 Å². The van der Waals surface area contributed by atoms with Crippen molar-refractivity contribution < 1.29 is 18.8 Å². The van der Waals surface area contributed by atoms with E-state index >= 15 is 0 Å². The Morgan fingerprint density at radius 1 is 0.926 bits per heavy atom. The van der Waals surface area contributed by atoms with E-state index in [9.17, 15) is 14.4 Å². The van der Waals surface area contributed by atoms with Crippen molar-refractivity contribution in [1.82, 2.24) is 0 Å². The summed E-state index contributed by atoms with van der Waals surface area (Å²) in [6, 6.07) is 11.7. The fraction of sp³-hybridized carbons (Fsp3) is 0.105. The molecule has 2 heterocycles. The third kappa shape index (κ3) is 4.62. The van der Waals surface area contributed by atoms with Crippen molar-refractivity contribution >= 4 is 45.4 Å². The molecule has 0 spiro atoms. The van der Waals surface area contributed by atoms with Crippen molar-refractivity contribution in [2.45, 2.75) is 13.8 Å². The van der Waals surface area contributed by atoms with Gasteiger partial charge in [0.25, 0.3) is 11.8 Å². The van der Waals surface area contributed by atoms with E-state index in [1.165, 1.54) is 24.5 Å². The van der Waals surface area contributed by atoms with Crippen LogP contribution in [0.5, 0.6) is 0 Å². The Labute approximate surface area is 159 Å². The van der Waals surface area contributed by atoms with Crippen LogP contribution in [0, 0.1) is 6.92 Å². The molecule has 0 fully saturated rings. The van der Waals surface area contributed by atoms with E-state index in [2.05, 4.69) is 16.0 Å². The number of thiophene rings is 1. The van der Waals surface area contributed by atoms with E-state index in [-0.39, 0.29) is 23.5 Å². The van der Waals surface area contributed by atoms with E-state index in [1.807, 2.05) is 0 Å². The van der Waals surface area contributed by atoms with Crippen molar-refractivity contribution in [3.63, 3.8) is 0 Å². The Morgan fingerprint density at radius 3 is 2.19 bits per heavy atom. The fourth-order valence-corrected chi connectivity index (χ4v) is 3.34. The van der Waals surface area contributed by atoms with Crippen molar-refractivity contribution in [2.75, 3.05) is 16.0 Å². The first-order valence-corrected chi connectivity index (χ1v) is 8.88. The van der Waals surface area contributed by atoms with Gasteiger partial charge in [-0.3, -0.25) is 14.4 Å². The number of nitrogens with one attached hydrogen (secondary N) is 3. The maximum atomic E-state index is 12.5. The molecule has 1 aromatic carbocycles. The highest BCUT2D eigenvalue weighted by atomic mass is 32.1. The minimum atomic E-state index is -0.373. The van der Waals surface area contributed by atoms with Crippen LogP contribution in [-0.4, -0.2) is 17.7 Å². The third-order valence-corrected chi connectivity index (χ3v) is 4.72. The molecule has 0 aliphatic rings. The average molecular weight is 383 g/mol. The highest BCUT2D eigenvalue weighted by Gasteiger charge is 2.16. The van der Waals surface area contributed by atoms with E-state index < -0.39 is 0 Å². The van der Waals surface area contributed by atoms with Crippen molar-refractivity contribution in [1.29, 1.82) is 0 Å². The first-order valence-electron chi connectivity index (χ1n) is 8.06.